The SMILES string of the molecule is Cc1c(C(=O)Nc2cccc3nc(C)n(C4CCC(=O)NC4=O)c(=O)c23)sc2nc3n(c(=O)c12)CCCCC3. The number of anilines is 1. The van der Waals surface area contributed by atoms with Crippen molar-refractivity contribution in [2.75, 3.05) is 5.32 Å². The molecule has 1 aromatic carbocycles. The van der Waals surface area contributed by atoms with Crippen molar-refractivity contribution < 1.29 is 14.4 Å². The first-order valence-electron chi connectivity index (χ1n) is 12.9. The maximum Gasteiger partial charge on any atom is 0.266 e. The second-order valence-electron chi connectivity index (χ2n) is 9.99. The number of piperidine rings is 1. The van der Waals surface area contributed by atoms with E-state index >= 15 is 0 Å². The van der Waals surface area contributed by atoms with Gasteiger partial charge in [-0.25, -0.2) is 9.97 Å². The summed E-state index contributed by atoms with van der Waals surface area (Å²) in [4.78, 5) is 74.8. The van der Waals surface area contributed by atoms with E-state index in [1.807, 2.05) is 0 Å². The Hall–Kier alpha value is -4.19. The minimum absolute atomic E-state index is 0.112. The zero-order chi connectivity index (χ0) is 27.4. The van der Waals surface area contributed by atoms with Gasteiger partial charge in [0.1, 0.15) is 22.5 Å². The molecule has 0 saturated carbocycles. The fourth-order valence-corrected chi connectivity index (χ4v) is 6.64. The number of carbonyl (C=O) groups is 3. The Morgan fingerprint density at radius 1 is 1.03 bits per heavy atom. The molecule has 11 nitrogen and oxygen atoms in total. The van der Waals surface area contributed by atoms with Crippen LogP contribution in [0.2, 0.25) is 0 Å². The first kappa shape index (κ1) is 25.1. The lowest BCUT2D eigenvalue weighted by Gasteiger charge is -2.24. The average Bonchev–Trinajstić information content (AvgIpc) is 3.05. The number of benzene rings is 1. The Kier molecular flexibility index (Phi) is 6.13. The molecule has 5 heterocycles. The molecule has 1 atom stereocenters. The summed E-state index contributed by atoms with van der Waals surface area (Å²) in [5.41, 5.74) is 0.560. The number of nitrogens with one attached hydrogen (secondary N) is 2. The molecule has 2 aliphatic heterocycles. The third kappa shape index (κ3) is 4.15. The largest absolute Gasteiger partial charge is 0.320 e. The van der Waals surface area contributed by atoms with E-state index < -0.39 is 23.4 Å². The van der Waals surface area contributed by atoms with Crippen LogP contribution in [0.25, 0.3) is 21.1 Å². The van der Waals surface area contributed by atoms with Crippen molar-refractivity contribution in [3.8, 4) is 0 Å². The lowest BCUT2D eigenvalue weighted by Crippen LogP contribution is -2.45. The van der Waals surface area contributed by atoms with Gasteiger partial charge in [-0.15, -0.1) is 11.3 Å². The Morgan fingerprint density at radius 2 is 1.85 bits per heavy atom. The minimum atomic E-state index is -0.880. The highest BCUT2D eigenvalue weighted by Gasteiger charge is 2.31. The molecule has 200 valence electrons. The summed E-state index contributed by atoms with van der Waals surface area (Å²) in [5, 5.41) is 5.72. The zero-order valence-electron chi connectivity index (χ0n) is 21.5. The number of hydrogen-bond donors (Lipinski definition) is 2. The van der Waals surface area contributed by atoms with E-state index in [-0.39, 0.29) is 35.4 Å². The summed E-state index contributed by atoms with van der Waals surface area (Å²) in [6.07, 6.45) is 3.96. The monoisotopic (exact) mass is 546 g/mol. The van der Waals surface area contributed by atoms with Crippen molar-refractivity contribution >= 4 is 55.9 Å². The van der Waals surface area contributed by atoms with Crippen molar-refractivity contribution in [2.45, 2.75) is 65.0 Å². The van der Waals surface area contributed by atoms with Crippen LogP contribution in [0.1, 0.15) is 65.0 Å². The summed E-state index contributed by atoms with van der Waals surface area (Å²) in [7, 11) is 0. The maximum atomic E-state index is 13.7. The molecule has 2 N–H and O–H groups in total. The van der Waals surface area contributed by atoms with Crippen molar-refractivity contribution in [3.63, 3.8) is 0 Å². The van der Waals surface area contributed by atoms with Gasteiger partial charge in [0, 0.05) is 19.4 Å². The van der Waals surface area contributed by atoms with Gasteiger partial charge in [-0.3, -0.25) is 38.4 Å². The summed E-state index contributed by atoms with van der Waals surface area (Å²) in [6, 6.07) is 4.07. The fourth-order valence-electron chi connectivity index (χ4n) is 5.56. The Morgan fingerprint density at radius 3 is 2.64 bits per heavy atom. The molecule has 3 aromatic heterocycles. The predicted octanol–water partition coefficient (Wildman–Crippen LogP) is 2.74. The number of fused-ring (bicyclic) bond motifs is 3. The highest BCUT2D eigenvalue weighted by molar-refractivity contribution is 7.20. The third-order valence-electron chi connectivity index (χ3n) is 7.49. The van der Waals surface area contributed by atoms with Crippen LogP contribution in [-0.2, 0) is 22.6 Å². The molecule has 0 spiro atoms. The van der Waals surface area contributed by atoms with Crippen LogP contribution in [-0.4, -0.2) is 36.8 Å². The predicted molar refractivity (Wildman–Crippen MR) is 146 cm³/mol. The molecule has 6 rings (SSSR count). The van der Waals surface area contributed by atoms with Crippen LogP contribution < -0.4 is 21.8 Å². The summed E-state index contributed by atoms with van der Waals surface area (Å²) < 4.78 is 3.01. The van der Waals surface area contributed by atoms with E-state index in [0.717, 1.165) is 42.8 Å². The second-order valence-corrected chi connectivity index (χ2v) is 11.0. The first-order valence-corrected chi connectivity index (χ1v) is 13.8. The van der Waals surface area contributed by atoms with E-state index in [1.165, 1.54) is 4.57 Å². The molecule has 3 amide bonds. The Bertz CT molecular complexity index is 1830. The molecule has 0 radical (unpaired) electrons. The molecule has 4 aromatic rings. The van der Waals surface area contributed by atoms with Gasteiger partial charge in [0.25, 0.3) is 17.0 Å². The highest BCUT2D eigenvalue weighted by Crippen LogP contribution is 2.30. The number of thiophene rings is 1. The number of aryl methyl sites for hydroxylation is 3. The number of nitrogens with zero attached hydrogens (tertiary/aromatic N) is 4. The molecule has 1 fully saturated rings. The van der Waals surface area contributed by atoms with Crippen LogP contribution in [0.4, 0.5) is 5.69 Å². The van der Waals surface area contributed by atoms with Gasteiger partial charge in [0.15, 0.2) is 0 Å². The number of hydrogen-bond acceptors (Lipinski definition) is 8. The first-order chi connectivity index (χ1) is 18.7. The number of aromatic nitrogens is 4. The number of imide groups is 1. The number of amides is 3. The molecule has 1 saturated heterocycles. The second kappa shape index (κ2) is 9.53. The topological polar surface area (TPSA) is 145 Å². The van der Waals surface area contributed by atoms with E-state index in [0.29, 0.717) is 38.5 Å². The van der Waals surface area contributed by atoms with Crippen molar-refractivity contribution in [2.24, 2.45) is 0 Å². The van der Waals surface area contributed by atoms with Crippen LogP contribution in [0.15, 0.2) is 27.8 Å². The standard InChI is InChI=1S/C27H26N6O5S/c1-13-20-25(30-18-9-4-3-5-12-32(18)26(20)37)39-22(13)24(36)29-16-8-6-7-15-21(16)27(38)33(14(2)28-15)17-10-11-19(34)31-23(17)35/h6-8,17H,3-5,9-12H2,1-2H3,(H,29,36)(H,31,34,35). The average molecular weight is 547 g/mol. The molecule has 39 heavy (non-hydrogen) atoms. The summed E-state index contributed by atoms with van der Waals surface area (Å²) in [6.45, 7) is 3.99. The number of rotatable bonds is 3. The number of carbonyl (C=O) groups excluding carboxylic acids is 3. The summed E-state index contributed by atoms with van der Waals surface area (Å²) >= 11 is 1.16. The van der Waals surface area contributed by atoms with Gasteiger partial charge >= 0.3 is 0 Å². The zero-order valence-corrected chi connectivity index (χ0v) is 22.3. The van der Waals surface area contributed by atoms with Crippen molar-refractivity contribution in [1.29, 1.82) is 0 Å². The van der Waals surface area contributed by atoms with Gasteiger partial charge in [-0.2, -0.15) is 0 Å². The van der Waals surface area contributed by atoms with Crippen LogP contribution in [0.5, 0.6) is 0 Å². The third-order valence-corrected chi connectivity index (χ3v) is 8.68. The lowest BCUT2D eigenvalue weighted by molar-refractivity contribution is -0.135. The molecule has 0 aliphatic carbocycles. The Labute approximate surface area is 225 Å². The normalized spacial score (nSPS) is 17.6. The van der Waals surface area contributed by atoms with Gasteiger partial charge in [0.05, 0.1) is 26.9 Å². The molecule has 1 unspecified atom stereocenters. The maximum absolute atomic E-state index is 13.7. The quantitative estimate of drug-likeness (QED) is 0.376. The van der Waals surface area contributed by atoms with E-state index in [9.17, 15) is 24.0 Å². The van der Waals surface area contributed by atoms with Crippen molar-refractivity contribution in [1.82, 2.24) is 24.4 Å². The smallest absolute Gasteiger partial charge is 0.266 e. The fraction of sp³-hybridized carbons (Fsp3) is 0.370. The van der Waals surface area contributed by atoms with Crippen LogP contribution >= 0.6 is 11.3 Å². The van der Waals surface area contributed by atoms with Gasteiger partial charge in [-0.05, 0) is 50.8 Å². The minimum Gasteiger partial charge on any atom is -0.320 e. The molecular weight excluding hydrogens is 520 g/mol. The molecule has 0 bridgehead atoms. The van der Waals surface area contributed by atoms with Gasteiger partial charge in [0.2, 0.25) is 11.8 Å². The van der Waals surface area contributed by atoms with Gasteiger partial charge in [-0.1, -0.05) is 12.5 Å². The van der Waals surface area contributed by atoms with Crippen LogP contribution in [0, 0.1) is 13.8 Å². The molecular formula is C27H26N6O5S. The van der Waals surface area contributed by atoms with E-state index in [4.69, 9.17) is 4.98 Å². The Balaban J connectivity index is 1.42. The summed E-state index contributed by atoms with van der Waals surface area (Å²) in [5.74, 6) is -0.319. The van der Waals surface area contributed by atoms with E-state index in [2.05, 4.69) is 15.6 Å². The highest BCUT2D eigenvalue weighted by atomic mass is 32.1. The lowest BCUT2D eigenvalue weighted by atomic mass is 10.1. The molecule has 2 aliphatic rings. The van der Waals surface area contributed by atoms with Crippen LogP contribution in [0.3, 0.4) is 0 Å². The molecule has 12 heteroatoms. The van der Waals surface area contributed by atoms with Gasteiger partial charge < -0.3 is 5.32 Å². The van der Waals surface area contributed by atoms with E-state index in [1.54, 1.807) is 36.6 Å². The van der Waals surface area contributed by atoms with Crippen molar-refractivity contribution in [3.05, 3.63) is 61.0 Å².